The van der Waals surface area contributed by atoms with E-state index in [1.165, 1.54) is 0 Å². The molecule has 4 rings (SSSR count). The first-order valence-electron chi connectivity index (χ1n) is 11.6. The Morgan fingerprint density at radius 2 is 1.77 bits per heavy atom. The first-order valence-corrected chi connectivity index (χ1v) is 12.0. The highest BCUT2D eigenvalue weighted by Crippen LogP contribution is 2.35. The van der Waals surface area contributed by atoms with E-state index in [0.717, 1.165) is 11.3 Å². The van der Waals surface area contributed by atoms with Gasteiger partial charge in [0.25, 0.3) is 11.8 Å². The number of fused-ring (bicyclic) bond motifs is 1. The van der Waals surface area contributed by atoms with E-state index in [0.29, 0.717) is 47.3 Å². The summed E-state index contributed by atoms with van der Waals surface area (Å²) in [5, 5.41) is 3.58. The van der Waals surface area contributed by atoms with E-state index in [1.807, 2.05) is 36.4 Å². The third-order valence-corrected chi connectivity index (χ3v) is 6.03. The number of carbonyl (C=O) groups excluding carboxylic acids is 2. The molecule has 0 aromatic heterocycles. The van der Waals surface area contributed by atoms with Gasteiger partial charge in [0.15, 0.2) is 6.61 Å². The van der Waals surface area contributed by atoms with Crippen molar-refractivity contribution in [1.29, 1.82) is 0 Å². The number of hydrogen-bond acceptors (Lipinski definition) is 4. The Kier molecular flexibility index (Phi) is 7.31. The van der Waals surface area contributed by atoms with Gasteiger partial charge in [-0.1, -0.05) is 44.5 Å². The predicted octanol–water partition coefficient (Wildman–Crippen LogP) is 6.08. The molecule has 0 aliphatic carbocycles. The average molecular weight is 493 g/mol. The van der Waals surface area contributed by atoms with Crippen LogP contribution in [-0.4, -0.2) is 31.6 Å². The fourth-order valence-corrected chi connectivity index (χ4v) is 3.92. The second-order valence-corrected chi connectivity index (χ2v) is 9.89. The number of carbonyl (C=O) groups is 2. The smallest absolute Gasteiger partial charge is 0.265 e. The largest absolute Gasteiger partial charge is 0.494 e. The fourth-order valence-electron chi connectivity index (χ4n) is 3.79. The molecule has 0 radical (unpaired) electrons. The average Bonchev–Trinajstić information content (AvgIpc) is 2.83. The quantitative estimate of drug-likeness (QED) is 0.405. The first-order chi connectivity index (χ1) is 16.7. The van der Waals surface area contributed by atoms with Crippen molar-refractivity contribution in [2.45, 2.75) is 32.6 Å². The fraction of sp³-hybridized carbons (Fsp3) is 0.286. The standard InChI is InChI=1S/C28H29ClN2O4/c1-28(2,3)20-7-5-19(6-8-20)27(33)30-22-11-14-25-24(17-22)31(26(32)18-35-25)15-4-16-34-23-12-9-21(29)10-13-23/h5-14,17H,4,15-16,18H2,1-3H3,(H,30,33). The van der Waals surface area contributed by atoms with E-state index < -0.39 is 0 Å². The van der Waals surface area contributed by atoms with Gasteiger partial charge in [-0.3, -0.25) is 9.59 Å². The van der Waals surface area contributed by atoms with Crippen LogP contribution in [-0.2, 0) is 10.2 Å². The summed E-state index contributed by atoms with van der Waals surface area (Å²) >= 11 is 5.90. The molecule has 0 spiro atoms. The number of hydrogen-bond donors (Lipinski definition) is 1. The summed E-state index contributed by atoms with van der Waals surface area (Å²) in [6.45, 7) is 7.30. The number of anilines is 2. The first kappa shape index (κ1) is 24.6. The second kappa shape index (κ2) is 10.4. The van der Waals surface area contributed by atoms with Gasteiger partial charge < -0.3 is 19.7 Å². The van der Waals surface area contributed by atoms with Crippen molar-refractivity contribution in [3.8, 4) is 11.5 Å². The molecule has 2 amide bonds. The van der Waals surface area contributed by atoms with Crippen molar-refractivity contribution in [3.05, 3.63) is 82.9 Å². The zero-order valence-corrected chi connectivity index (χ0v) is 20.9. The lowest BCUT2D eigenvalue weighted by atomic mass is 9.87. The zero-order valence-electron chi connectivity index (χ0n) is 20.1. The van der Waals surface area contributed by atoms with Gasteiger partial charge in [-0.15, -0.1) is 0 Å². The molecule has 0 bridgehead atoms. The third kappa shape index (κ3) is 6.14. The molecule has 35 heavy (non-hydrogen) atoms. The molecule has 1 aliphatic rings. The lowest BCUT2D eigenvalue weighted by Crippen LogP contribution is -2.39. The van der Waals surface area contributed by atoms with Crippen LogP contribution in [0.4, 0.5) is 11.4 Å². The molecular weight excluding hydrogens is 464 g/mol. The van der Waals surface area contributed by atoms with Crippen molar-refractivity contribution in [2.75, 3.05) is 30.0 Å². The molecule has 6 nitrogen and oxygen atoms in total. The SMILES string of the molecule is CC(C)(C)c1ccc(C(=O)Nc2ccc3c(c2)N(CCCOc2ccc(Cl)cc2)C(=O)CO3)cc1. The molecule has 1 heterocycles. The van der Waals surface area contributed by atoms with E-state index in [2.05, 4.69) is 26.1 Å². The van der Waals surface area contributed by atoms with Gasteiger partial charge in [-0.05, 0) is 72.0 Å². The maximum atomic E-state index is 12.8. The lowest BCUT2D eigenvalue weighted by Gasteiger charge is -2.30. The van der Waals surface area contributed by atoms with E-state index in [9.17, 15) is 9.59 Å². The van der Waals surface area contributed by atoms with Crippen molar-refractivity contribution in [1.82, 2.24) is 0 Å². The van der Waals surface area contributed by atoms with Gasteiger partial charge >= 0.3 is 0 Å². The Morgan fingerprint density at radius 3 is 2.46 bits per heavy atom. The van der Waals surface area contributed by atoms with Crippen molar-refractivity contribution in [3.63, 3.8) is 0 Å². The molecule has 1 aliphatic heterocycles. The molecular formula is C28H29ClN2O4. The molecule has 1 N–H and O–H groups in total. The van der Waals surface area contributed by atoms with Crippen LogP contribution in [0.2, 0.25) is 5.02 Å². The highest BCUT2D eigenvalue weighted by atomic mass is 35.5. The van der Waals surface area contributed by atoms with E-state index >= 15 is 0 Å². The number of halogens is 1. The molecule has 0 atom stereocenters. The van der Waals surface area contributed by atoms with Crippen molar-refractivity contribution < 1.29 is 19.1 Å². The predicted molar refractivity (Wildman–Crippen MR) is 139 cm³/mol. The van der Waals surface area contributed by atoms with Gasteiger partial charge in [-0.25, -0.2) is 0 Å². The van der Waals surface area contributed by atoms with Crippen LogP contribution in [0.25, 0.3) is 0 Å². The maximum absolute atomic E-state index is 12.8. The molecule has 0 fully saturated rings. The monoisotopic (exact) mass is 492 g/mol. The minimum atomic E-state index is -0.212. The van der Waals surface area contributed by atoms with E-state index in [1.54, 1.807) is 35.2 Å². The molecule has 0 saturated heterocycles. The minimum Gasteiger partial charge on any atom is -0.494 e. The normalized spacial score (nSPS) is 13.1. The molecule has 182 valence electrons. The van der Waals surface area contributed by atoms with Crippen molar-refractivity contribution in [2.24, 2.45) is 0 Å². The number of amides is 2. The lowest BCUT2D eigenvalue weighted by molar-refractivity contribution is -0.121. The highest BCUT2D eigenvalue weighted by Gasteiger charge is 2.26. The Hall–Kier alpha value is -3.51. The van der Waals surface area contributed by atoms with Crippen LogP contribution in [0.5, 0.6) is 11.5 Å². The van der Waals surface area contributed by atoms with Crippen LogP contribution in [0.1, 0.15) is 43.1 Å². The minimum absolute atomic E-state index is 0.0170. The van der Waals surface area contributed by atoms with Gasteiger partial charge in [0.1, 0.15) is 11.5 Å². The number of nitrogens with one attached hydrogen (secondary N) is 1. The summed E-state index contributed by atoms with van der Waals surface area (Å²) in [7, 11) is 0. The summed E-state index contributed by atoms with van der Waals surface area (Å²) in [5.74, 6) is 0.987. The van der Waals surface area contributed by atoms with E-state index in [-0.39, 0.29) is 23.8 Å². The molecule has 3 aromatic carbocycles. The molecule has 7 heteroatoms. The topological polar surface area (TPSA) is 67.9 Å². The zero-order chi connectivity index (χ0) is 25.0. The Labute approximate surface area is 210 Å². The third-order valence-electron chi connectivity index (χ3n) is 5.78. The molecule has 0 saturated carbocycles. The summed E-state index contributed by atoms with van der Waals surface area (Å²) < 4.78 is 11.3. The number of benzene rings is 3. The highest BCUT2D eigenvalue weighted by molar-refractivity contribution is 6.30. The Bertz CT molecular complexity index is 1200. The summed E-state index contributed by atoms with van der Waals surface area (Å²) in [5.41, 5.74) is 2.97. The summed E-state index contributed by atoms with van der Waals surface area (Å²) in [4.78, 5) is 27.1. The molecule has 3 aromatic rings. The van der Waals surface area contributed by atoms with Crippen LogP contribution >= 0.6 is 11.6 Å². The van der Waals surface area contributed by atoms with Gasteiger partial charge in [0, 0.05) is 22.8 Å². The van der Waals surface area contributed by atoms with Crippen LogP contribution in [0.15, 0.2) is 66.7 Å². The molecule has 0 unspecified atom stereocenters. The summed E-state index contributed by atoms with van der Waals surface area (Å²) in [6, 6.07) is 20.1. The Balaban J connectivity index is 1.41. The summed E-state index contributed by atoms with van der Waals surface area (Å²) in [6.07, 6.45) is 0.629. The maximum Gasteiger partial charge on any atom is 0.265 e. The number of rotatable bonds is 7. The van der Waals surface area contributed by atoms with Gasteiger partial charge in [0.05, 0.1) is 12.3 Å². The number of ether oxygens (including phenoxy) is 2. The second-order valence-electron chi connectivity index (χ2n) is 9.45. The van der Waals surface area contributed by atoms with E-state index in [4.69, 9.17) is 21.1 Å². The van der Waals surface area contributed by atoms with Gasteiger partial charge in [0.2, 0.25) is 0 Å². The van der Waals surface area contributed by atoms with Crippen LogP contribution in [0.3, 0.4) is 0 Å². The Morgan fingerprint density at radius 1 is 1.06 bits per heavy atom. The van der Waals surface area contributed by atoms with Crippen LogP contribution in [0, 0.1) is 0 Å². The van der Waals surface area contributed by atoms with Crippen LogP contribution < -0.4 is 19.7 Å². The van der Waals surface area contributed by atoms with Gasteiger partial charge in [-0.2, -0.15) is 0 Å². The van der Waals surface area contributed by atoms with Crippen molar-refractivity contribution >= 4 is 34.8 Å². The number of nitrogens with zero attached hydrogens (tertiary/aromatic N) is 1.